The molecule has 2 aromatic carbocycles. The lowest BCUT2D eigenvalue weighted by Gasteiger charge is -2.11. The number of phenols is 1. The fraction of sp³-hybridized carbons (Fsp3) is 0.0714. The van der Waals surface area contributed by atoms with Gasteiger partial charge in [0, 0.05) is 21.6 Å². The number of nitrogens with one attached hydrogen (secondary N) is 3. The van der Waals surface area contributed by atoms with Crippen LogP contribution in [0.3, 0.4) is 0 Å². The molecule has 0 aliphatic rings. The average molecular weight is 369 g/mol. The highest BCUT2D eigenvalue weighted by Gasteiger charge is 2.09. The molecule has 0 atom stereocenters. The summed E-state index contributed by atoms with van der Waals surface area (Å²) in [6.07, 6.45) is 0. The molecule has 0 radical (unpaired) electrons. The summed E-state index contributed by atoms with van der Waals surface area (Å²) in [6.45, 7) is 0.365. The Morgan fingerprint density at radius 2 is 1.95 bits per heavy atom. The molecule has 7 heteroatoms. The molecule has 0 aliphatic heterocycles. The molecule has 3 rings (SSSR count). The second kappa shape index (κ2) is 5.46. The van der Waals surface area contributed by atoms with E-state index in [1.807, 2.05) is 12.1 Å². The van der Waals surface area contributed by atoms with E-state index in [-0.39, 0.29) is 11.4 Å². The monoisotopic (exact) mass is 367 g/mol. The summed E-state index contributed by atoms with van der Waals surface area (Å²) in [5.74, 6) is 0.141. The third kappa shape index (κ3) is 2.77. The van der Waals surface area contributed by atoms with Crippen molar-refractivity contribution in [2.45, 2.75) is 6.54 Å². The first-order chi connectivity index (χ1) is 10.0. The van der Waals surface area contributed by atoms with E-state index >= 15 is 0 Å². The smallest absolute Gasteiger partial charge is 0.323 e. The van der Waals surface area contributed by atoms with Gasteiger partial charge in [-0.25, -0.2) is 4.79 Å². The molecule has 0 bridgehead atoms. The number of H-pyrrole nitrogens is 2. The van der Waals surface area contributed by atoms with Gasteiger partial charge in [0.05, 0.1) is 16.7 Å². The predicted molar refractivity (Wildman–Crippen MR) is 87.1 cm³/mol. The Morgan fingerprint density at radius 3 is 2.67 bits per heavy atom. The largest absolute Gasteiger partial charge is 0.508 e. The predicted octanol–water partition coefficient (Wildman–Crippen LogP) is 3.59. The number of hydrogen-bond acceptors (Lipinski definition) is 3. The summed E-state index contributed by atoms with van der Waals surface area (Å²) in [6, 6.07) is 8.62. The van der Waals surface area contributed by atoms with Crippen LogP contribution in [0, 0.1) is 0 Å². The van der Waals surface area contributed by atoms with Crippen molar-refractivity contribution in [2.75, 3.05) is 5.32 Å². The highest BCUT2D eigenvalue weighted by Crippen LogP contribution is 2.30. The van der Waals surface area contributed by atoms with Gasteiger partial charge in [0.25, 0.3) is 0 Å². The van der Waals surface area contributed by atoms with Crippen LogP contribution in [0.25, 0.3) is 11.0 Å². The van der Waals surface area contributed by atoms with Crippen LogP contribution in [-0.2, 0) is 6.54 Å². The lowest BCUT2D eigenvalue weighted by molar-refractivity contribution is 0.469. The van der Waals surface area contributed by atoms with E-state index in [1.54, 1.807) is 18.2 Å². The van der Waals surface area contributed by atoms with E-state index in [1.165, 1.54) is 0 Å². The summed E-state index contributed by atoms with van der Waals surface area (Å²) >= 11 is 9.51. The van der Waals surface area contributed by atoms with Crippen molar-refractivity contribution < 1.29 is 5.11 Å². The van der Waals surface area contributed by atoms with Crippen molar-refractivity contribution in [3.8, 4) is 5.75 Å². The second-order valence-corrected chi connectivity index (χ2v) is 5.81. The SMILES string of the molecule is O=c1[nH]c2cc(Br)c(NCc3c(O)cccc3Cl)cc2[nH]1. The average Bonchev–Trinajstić information content (AvgIpc) is 2.77. The first kappa shape index (κ1) is 14.0. The molecule has 5 nitrogen and oxygen atoms in total. The molecule has 0 spiro atoms. The van der Waals surface area contributed by atoms with E-state index in [2.05, 4.69) is 31.2 Å². The molecule has 0 amide bonds. The molecule has 21 heavy (non-hydrogen) atoms. The first-order valence-corrected chi connectivity index (χ1v) is 7.33. The summed E-state index contributed by atoms with van der Waals surface area (Å²) in [7, 11) is 0. The molecule has 4 N–H and O–H groups in total. The third-order valence-electron chi connectivity index (χ3n) is 3.15. The number of imidazole rings is 1. The number of fused-ring (bicyclic) bond motifs is 1. The molecule has 3 aromatic rings. The van der Waals surface area contributed by atoms with Gasteiger partial charge in [0.15, 0.2) is 0 Å². The van der Waals surface area contributed by atoms with Crippen LogP contribution in [0.4, 0.5) is 5.69 Å². The van der Waals surface area contributed by atoms with E-state index in [0.717, 1.165) is 15.7 Å². The lowest BCUT2D eigenvalue weighted by atomic mass is 10.2. The Hall–Kier alpha value is -1.92. The summed E-state index contributed by atoms with van der Waals surface area (Å²) in [4.78, 5) is 16.7. The molecule has 0 saturated heterocycles. The number of phenolic OH excluding ortho intramolecular Hbond substituents is 1. The molecule has 1 aromatic heterocycles. The second-order valence-electron chi connectivity index (χ2n) is 4.55. The van der Waals surface area contributed by atoms with E-state index < -0.39 is 0 Å². The molecular weight excluding hydrogens is 358 g/mol. The Kier molecular flexibility index (Phi) is 3.65. The number of aromatic nitrogens is 2. The van der Waals surface area contributed by atoms with Gasteiger partial charge in [-0.15, -0.1) is 0 Å². The van der Waals surface area contributed by atoms with Crippen LogP contribution in [0.2, 0.25) is 5.02 Å². The molecular formula is C14H11BrClN3O2. The van der Waals surface area contributed by atoms with Crippen molar-refractivity contribution in [3.63, 3.8) is 0 Å². The van der Waals surface area contributed by atoms with Crippen LogP contribution < -0.4 is 11.0 Å². The number of aromatic amines is 2. The number of hydrogen-bond donors (Lipinski definition) is 4. The number of benzene rings is 2. The minimum absolute atomic E-state index is 0.141. The van der Waals surface area contributed by atoms with Gasteiger partial charge >= 0.3 is 5.69 Å². The third-order valence-corrected chi connectivity index (χ3v) is 4.16. The van der Waals surface area contributed by atoms with Gasteiger partial charge in [0.1, 0.15) is 5.75 Å². The van der Waals surface area contributed by atoms with Crippen LogP contribution >= 0.6 is 27.5 Å². The topological polar surface area (TPSA) is 80.9 Å². The van der Waals surface area contributed by atoms with Crippen LogP contribution in [0.1, 0.15) is 5.56 Å². The summed E-state index contributed by atoms with van der Waals surface area (Å²) in [5.41, 5.74) is 2.58. The maximum absolute atomic E-state index is 11.3. The Morgan fingerprint density at radius 1 is 1.24 bits per heavy atom. The maximum Gasteiger partial charge on any atom is 0.323 e. The van der Waals surface area contributed by atoms with Gasteiger partial charge in [-0.1, -0.05) is 17.7 Å². The van der Waals surface area contributed by atoms with Gasteiger partial charge < -0.3 is 20.4 Å². The van der Waals surface area contributed by atoms with E-state index in [0.29, 0.717) is 22.6 Å². The Balaban J connectivity index is 1.91. The Bertz CT molecular complexity index is 852. The van der Waals surface area contributed by atoms with E-state index in [9.17, 15) is 9.90 Å². The standard InChI is InChI=1S/C14H11BrClN3O2/c15-8-4-11-12(19-14(21)18-11)5-10(8)17-6-7-9(16)2-1-3-13(7)20/h1-5,17,20H,6H2,(H2,18,19,21). The molecule has 1 heterocycles. The summed E-state index contributed by atoms with van der Waals surface area (Å²) in [5, 5.41) is 13.5. The summed E-state index contributed by atoms with van der Waals surface area (Å²) < 4.78 is 0.803. The number of halogens is 2. The zero-order valence-electron chi connectivity index (χ0n) is 10.7. The maximum atomic E-state index is 11.3. The minimum atomic E-state index is -0.252. The van der Waals surface area contributed by atoms with Gasteiger partial charge in [-0.2, -0.15) is 0 Å². The quantitative estimate of drug-likeness (QED) is 0.570. The number of anilines is 1. The van der Waals surface area contributed by atoms with Crippen LogP contribution in [-0.4, -0.2) is 15.1 Å². The zero-order chi connectivity index (χ0) is 15.0. The minimum Gasteiger partial charge on any atom is -0.508 e. The van der Waals surface area contributed by atoms with Gasteiger partial charge in [-0.3, -0.25) is 0 Å². The van der Waals surface area contributed by atoms with Crippen LogP contribution in [0.15, 0.2) is 39.6 Å². The van der Waals surface area contributed by atoms with Gasteiger partial charge in [0.2, 0.25) is 0 Å². The van der Waals surface area contributed by atoms with E-state index in [4.69, 9.17) is 11.6 Å². The van der Waals surface area contributed by atoms with Crippen molar-refractivity contribution in [1.29, 1.82) is 0 Å². The molecule has 0 aliphatic carbocycles. The molecule has 0 fully saturated rings. The number of rotatable bonds is 3. The lowest BCUT2D eigenvalue weighted by Crippen LogP contribution is -2.01. The molecule has 0 saturated carbocycles. The Labute approximate surface area is 133 Å². The normalized spacial score (nSPS) is 11.0. The van der Waals surface area contributed by atoms with Crippen molar-refractivity contribution in [1.82, 2.24) is 9.97 Å². The van der Waals surface area contributed by atoms with Crippen molar-refractivity contribution in [3.05, 3.63) is 55.9 Å². The zero-order valence-corrected chi connectivity index (χ0v) is 13.0. The van der Waals surface area contributed by atoms with Crippen molar-refractivity contribution >= 4 is 44.3 Å². The molecule has 108 valence electrons. The molecule has 0 unspecified atom stereocenters. The number of aromatic hydroxyl groups is 1. The van der Waals surface area contributed by atoms with Gasteiger partial charge in [-0.05, 0) is 40.2 Å². The highest BCUT2D eigenvalue weighted by atomic mass is 79.9. The first-order valence-electron chi connectivity index (χ1n) is 6.16. The highest BCUT2D eigenvalue weighted by molar-refractivity contribution is 9.10. The van der Waals surface area contributed by atoms with Crippen LogP contribution in [0.5, 0.6) is 5.75 Å². The van der Waals surface area contributed by atoms with Crippen molar-refractivity contribution in [2.24, 2.45) is 0 Å². The fourth-order valence-corrected chi connectivity index (χ4v) is 2.82. The fourth-order valence-electron chi connectivity index (χ4n) is 2.10.